The zero-order valence-electron chi connectivity index (χ0n) is 16.2. The number of hydrogen-bond donors (Lipinski definition) is 1. The van der Waals surface area contributed by atoms with E-state index in [4.69, 9.17) is 11.6 Å². The number of rotatable bonds is 8. The van der Waals surface area contributed by atoms with E-state index in [1.807, 2.05) is 0 Å². The minimum absolute atomic E-state index is 0.127. The fourth-order valence-electron chi connectivity index (χ4n) is 3.23. The van der Waals surface area contributed by atoms with Gasteiger partial charge in [0.2, 0.25) is 10.0 Å². The van der Waals surface area contributed by atoms with Gasteiger partial charge in [0.05, 0.1) is 15.5 Å². The summed E-state index contributed by atoms with van der Waals surface area (Å²) in [5.41, 5.74) is 0.201. The van der Waals surface area contributed by atoms with Gasteiger partial charge < -0.3 is 10.2 Å². The van der Waals surface area contributed by atoms with Crippen LogP contribution in [0.15, 0.2) is 23.1 Å². The van der Waals surface area contributed by atoms with Crippen LogP contribution in [0.2, 0.25) is 5.02 Å². The van der Waals surface area contributed by atoms with Gasteiger partial charge in [-0.3, -0.25) is 4.79 Å². The first-order valence-corrected chi connectivity index (χ1v) is 11.5. The van der Waals surface area contributed by atoms with Gasteiger partial charge in [-0.05, 0) is 44.1 Å². The summed E-state index contributed by atoms with van der Waals surface area (Å²) >= 11 is 6.17. The van der Waals surface area contributed by atoms with Gasteiger partial charge >= 0.3 is 0 Å². The van der Waals surface area contributed by atoms with E-state index in [9.17, 15) is 13.2 Å². The van der Waals surface area contributed by atoms with Crippen molar-refractivity contribution in [2.75, 3.05) is 39.3 Å². The highest BCUT2D eigenvalue weighted by Crippen LogP contribution is 2.25. The van der Waals surface area contributed by atoms with Crippen molar-refractivity contribution in [2.24, 2.45) is 0 Å². The molecule has 2 rings (SSSR count). The zero-order chi connectivity index (χ0) is 19.9. The molecule has 0 radical (unpaired) electrons. The quantitative estimate of drug-likeness (QED) is 0.708. The lowest BCUT2D eigenvalue weighted by atomic mass is 10.2. The number of amides is 1. The average Bonchev–Trinajstić information content (AvgIpc) is 2.95. The Balaban J connectivity index is 2.13. The Morgan fingerprint density at radius 3 is 2.37 bits per heavy atom. The molecule has 1 N–H and O–H groups in total. The lowest BCUT2D eigenvalue weighted by Gasteiger charge is -2.20. The number of hydrogen-bond acceptors (Lipinski definition) is 4. The molecular weight excluding hydrogens is 386 g/mol. The molecule has 152 valence electrons. The van der Waals surface area contributed by atoms with E-state index in [0.29, 0.717) is 19.6 Å². The number of carbonyl (C=O) groups is 1. The second kappa shape index (κ2) is 10.4. The maximum Gasteiger partial charge on any atom is 0.252 e. The highest BCUT2D eigenvalue weighted by Gasteiger charge is 2.26. The maximum atomic E-state index is 13.0. The van der Waals surface area contributed by atoms with Gasteiger partial charge in [0, 0.05) is 26.2 Å². The number of sulfonamides is 1. The number of carbonyl (C=O) groups excluding carboxylic acids is 1. The summed E-state index contributed by atoms with van der Waals surface area (Å²) in [6.07, 6.45) is 3.83. The fourth-order valence-corrected chi connectivity index (χ4v) is 4.98. The predicted octanol–water partition coefficient (Wildman–Crippen LogP) is 2.98. The van der Waals surface area contributed by atoms with Crippen molar-refractivity contribution in [3.8, 4) is 0 Å². The molecule has 0 aliphatic carbocycles. The Morgan fingerprint density at radius 2 is 1.78 bits per heavy atom. The van der Waals surface area contributed by atoms with Crippen LogP contribution in [-0.2, 0) is 10.0 Å². The molecule has 0 atom stereocenters. The van der Waals surface area contributed by atoms with E-state index in [1.54, 1.807) is 0 Å². The van der Waals surface area contributed by atoms with Crippen molar-refractivity contribution in [1.82, 2.24) is 14.5 Å². The molecular formula is C19H30ClN3O3S. The van der Waals surface area contributed by atoms with Gasteiger partial charge in [0.15, 0.2) is 0 Å². The molecule has 0 saturated carbocycles. The van der Waals surface area contributed by atoms with E-state index >= 15 is 0 Å². The first-order valence-electron chi connectivity index (χ1n) is 9.70. The molecule has 6 nitrogen and oxygen atoms in total. The van der Waals surface area contributed by atoms with Crippen LogP contribution in [0, 0.1) is 0 Å². The molecule has 0 aromatic heterocycles. The van der Waals surface area contributed by atoms with E-state index in [2.05, 4.69) is 24.1 Å². The number of halogens is 1. The SMILES string of the molecule is CCN(CC)CCNC(=O)c1cc(S(=O)(=O)N2CCCCCC2)ccc1Cl. The predicted molar refractivity (Wildman–Crippen MR) is 109 cm³/mol. The number of likely N-dealkylation sites (N-methyl/N-ethyl adjacent to an activating group) is 1. The van der Waals surface area contributed by atoms with Gasteiger partial charge in [0.25, 0.3) is 5.91 Å². The number of nitrogens with zero attached hydrogens (tertiary/aromatic N) is 2. The summed E-state index contributed by atoms with van der Waals surface area (Å²) in [5, 5.41) is 3.09. The van der Waals surface area contributed by atoms with Crippen molar-refractivity contribution < 1.29 is 13.2 Å². The van der Waals surface area contributed by atoms with Crippen LogP contribution in [0.1, 0.15) is 49.9 Å². The van der Waals surface area contributed by atoms with E-state index in [-0.39, 0.29) is 21.4 Å². The highest BCUT2D eigenvalue weighted by molar-refractivity contribution is 7.89. The Bertz CT molecular complexity index is 728. The highest BCUT2D eigenvalue weighted by atomic mass is 35.5. The summed E-state index contributed by atoms with van der Waals surface area (Å²) in [6, 6.07) is 4.37. The van der Waals surface area contributed by atoms with Gasteiger partial charge in [-0.2, -0.15) is 4.31 Å². The van der Waals surface area contributed by atoms with Crippen molar-refractivity contribution >= 4 is 27.5 Å². The standard InChI is InChI=1S/C19H30ClN3O3S/c1-3-22(4-2)14-11-21-19(24)17-15-16(9-10-18(17)20)27(25,26)23-12-7-5-6-8-13-23/h9-10,15H,3-8,11-14H2,1-2H3,(H,21,24). The normalized spacial score (nSPS) is 16.3. The summed E-state index contributed by atoms with van der Waals surface area (Å²) < 4.78 is 27.4. The molecule has 1 heterocycles. The molecule has 1 aromatic rings. The summed E-state index contributed by atoms with van der Waals surface area (Å²) in [7, 11) is -3.61. The smallest absolute Gasteiger partial charge is 0.252 e. The maximum absolute atomic E-state index is 13.0. The summed E-state index contributed by atoms with van der Waals surface area (Å²) in [6.45, 7) is 8.24. The van der Waals surface area contributed by atoms with Crippen LogP contribution in [0.5, 0.6) is 0 Å². The van der Waals surface area contributed by atoms with Crippen LogP contribution >= 0.6 is 11.6 Å². The van der Waals surface area contributed by atoms with Gasteiger partial charge in [-0.1, -0.05) is 38.3 Å². The van der Waals surface area contributed by atoms with Crippen molar-refractivity contribution in [3.63, 3.8) is 0 Å². The van der Waals surface area contributed by atoms with E-state index in [1.165, 1.54) is 22.5 Å². The topological polar surface area (TPSA) is 69.7 Å². The second-order valence-corrected chi connectivity index (χ2v) is 9.09. The molecule has 1 saturated heterocycles. The number of benzene rings is 1. The number of nitrogens with one attached hydrogen (secondary N) is 1. The summed E-state index contributed by atoms with van der Waals surface area (Å²) in [4.78, 5) is 14.8. The first kappa shape index (κ1) is 22.1. The van der Waals surface area contributed by atoms with Crippen molar-refractivity contribution in [3.05, 3.63) is 28.8 Å². The molecule has 1 aliphatic heterocycles. The fraction of sp³-hybridized carbons (Fsp3) is 0.632. The zero-order valence-corrected chi connectivity index (χ0v) is 17.8. The molecule has 0 bridgehead atoms. The Morgan fingerprint density at radius 1 is 1.15 bits per heavy atom. The lowest BCUT2D eigenvalue weighted by Crippen LogP contribution is -2.35. The van der Waals surface area contributed by atoms with Crippen LogP contribution in [0.4, 0.5) is 0 Å². The van der Waals surface area contributed by atoms with E-state index < -0.39 is 10.0 Å². The summed E-state index contributed by atoms with van der Waals surface area (Å²) in [5.74, 6) is -0.347. The molecule has 0 spiro atoms. The molecule has 1 aromatic carbocycles. The molecule has 1 fully saturated rings. The van der Waals surface area contributed by atoms with Crippen LogP contribution in [0.25, 0.3) is 0 Å². The second-order valence-electron chi connectivity index (χ2n) is 6.74. The van der Waals surface area contributed by atoms with Crippen LogP contribution in [0.3, 0.4) is 0 Å². The molecule has 1 aliphatic rings. The molecule has 27 heavy (non-hydrogen) atoms. The minimum Gasteiger partial charge on any atom is -0.351 e. The van der Waals surface area contributed by atoms with Crippen LogP contribution in [-0.4, -0.2) is 62.8 Å². The van der Waals surface area contributed by atoms with E-state index in [0.717, 1.165) is 45.3 Å². The first-order chi connectivity index (χ1) is 12.9. The van der Waals surface area contributed by atoms with Gasteiger partial charge in [0.1, 0.15) is 0 Å². The van der Waals surface area contributed by atoms with Gasteiger partial charge in [-0.15, -0.1) is 0 Å². The van der Waals surface area contributed by atoms with Crippen molar-refractivity contribution in [2.45, 2.75) is 44.4 Å². The lowest BCUT2D eigenvalue weighted by molar-refractivity contribution is 0.0949. The third-order valence-corrected chi connectivity index (χ3v) is 7.22. The molecule has 0 unspecified atom stereocenters. The van der Waals surface area contributed by atoms with Crippen LogP contribution < -0.4 is 5.32 Å². The Labute approximate surface area is 167 Å². The Kier molecular flexibility index (Phi) is 8.54. The Hall–Kier alpha value is -1.15. The monoisotopic (exact) mass is 415 g/mol. The average molecular weight is 416 g/mol. The largest absolute Gasteiger partial charge is 0.351 e. The minimum atomic E-state index is -3.61. The van der Waals surface area contributed by atoms with Gasteiger partial charge in [-0.25, -0.2) is 8.42 Å². The molecule has 1 amide bonds. The molecule has 8 heteroatoms. The van der Waals surface area contributed by atoms with Crippen molar-refractivity contribution in [1.29, 1.82) is 0 Å². The third kappa shape index (κ3) is 5.91. The third-order valence-electron chi connectivity index (χ3n) is 4.99.